The van der Waals surface area contributed by atoms with Gasteiger partial charge < -0.3 is 15.7 Å². The molecule has 0 aliphatic carbocycles. The van der Waals surface area contributed by atoms with E-state index in [-0.39, 0.29) is 30.5 Å². The van der Waals surface area contributed by atoms with Crippen molar-refractivity contribution in [1.82, 2.24) is 4.90 Å². The van der Waals surface area contributed by atoms with Gasteiger partial charge in [-0.25, -0.2) is 0 Å². The maximum Gasteiger partial charge on any atom is 0.239 e. The summed E-state index contributed by atoms with van der Waals surface area (Å²) in [5.41, 5.74) is 5.56. The van der Waals surface area contributed by atoms with Gasteiger partial charge in [-0.05, 0) is 33.1 Å². The van der Waals surface area contributed by atoms with Gasteiger partial charge in [-0.2, -0.15) is 0 Å². The number of amides is 1. The summed E-state index contributed by atoms with van der Waals surface area (Å²) in [7, 11) is 0. The van der Waals surface area contributed by atoms with Crippen LogP contribution in [-0.4, -0.2) is 40.6 Å². The lowest BCUT2D eigenvalue weighted by Crippen LogP contribution is -2.45. The van der Waals surface area contributed by atoms with Crippen LogP contribution in [0.5, 0.6) is 0 Å². The number of carbonyl (C=O) groups is 1. The van der Waals surface area contributed by atoms with Crippen LogP contribution in [0, 0.1) is 0 Å². The van der Waals surface area contributed by atoms with Crippen molar-refractivity contribution in [2.24, 2.45) is 5.73 Å². The van der Waals surface area contributed by atoms with Crippen molar-refractivity contribution in [1.29, 1.82) is 0 Å². The van der Waals surface area contributed by atoms with Gasteiger partial charge in [0.2, 0.25) is 5.91 Å². The molecule has 1 heterocycles. The minimum Gasteiger partial charge on any atom is -0.393 e. The van der Waals surface area contributed by atoms with Gasteiger partial charge in [0, 0.05) is 12.6 Å². The van der Waals surface area contributed by atoms with Gasteiger partial charge in [0.05, 0.1) is 12.1 Å². The van der Waals surface area contributed by atoms with Crippen molar-refractivity contribution in [2.75, 3.05) is 6.54 Å². The molecule has 3 atom stereocenters. The minimum atomic E-state index is -0.426. The Hall–Kier alpha value is -0.320. The molecular formula is C10H21ClN2O2. The molecule has 0 radical (unpaired) electrons. The van der Waals surface area contributed by atoms with Gasteiger partial charge in [0.25, 0.3) is 0 Å². The molecule has 3 unspecified atom stereocenters. The molecule has 1 saturated heterocycles. The topological polar surface area (TPSA) is 66.6 Å². The molecule has 15 heavy (non-hydrogen) atoms. The van der Waals surface area contributed by atoms with Crippen molar-refractivity contribution in [3.05, 3.63) is 0 Å². The molecule has 0 aromatic carbocycles. The smallest absolute Gasteiger partial charge is 0.239 e. The minimum absolute atomic E-state index is 0. The van der Waals surface area contributed by atoms with Crippen LogP contribution < -0.4 is 5.73 Å². The highest BCUT2D eigenvalue weighted by Gasteiger charge is 2.30. The fraction of sp³-hybridized carbons (Fsp3) is 0.900. The standard InChI is InChI=1S/C10H20N2O2.ClH/c1-7(13)6-9-4-3-5-12(9)10(14)8(2)11;/h7-9,13H,3-6,11H2,1-2H3;1H. The van der Waals surface area contributed by atoms with Gasteiger partial charge in [-0.15, -0.1) is 12.4 Å². The summed E-state index contributed by atoms with van der Waals surface area (Å²) < 4.78 is 0. The lowest BCUT2D eigenvalue weighted by molar-refractivity contribution is -0.133. The summed E-state index contributed by atoms with van der Waals surface area (Å²) in [4.78, 5) is 13.5. The van der Waals surface area contributed by atoms with Crippen LogP contribution in [0.15, 0.2) is 0 Å². The second-order valence-corrected chi connectivity index (χ2v) is 4.20. The average Bonchev–Trinajstić information content (AvgIpc) is 2.49. The summed E-state index contributed by atoms with van der Waals surface area (Å²) in [6, 6.07) is -0.238. The molecule has 0 bridgehead atoms. The largest absolute Gasteiger partial charge is 0.393 e. The Morgan fingerprint density at radius 3 is 2.67 bits per heavy atom. The highest BCUT2D eigenvalue weighted by Crippen LogP contribution is 2.21. The van der Waals surface area contributed by atoms with Gasteiger partial charge >= 0.3 is 0 Å². The van der Waals surface area contributed by atoms with Crippen LogP contribution in [0.2, 0.25) is 0 Å². The van der Waals surface area contributed by atoms with Crippen LogP contribution in [-0.2, 0) is 4.79 Å². The lowest BCUT2D eigenvalue weighted by Gasteiger charge is -2.27. The van der Waals surface area contributed by atoms with Crippen LogP contribution in [0.25, 0.3) is 0 Å². The van der Waals surface area contributed by atoms with Crippen LogP contribution in [0.1, 0.15) is 33.1 Å². The zero-order valence-electron chi connectivity index (χ0n) is 9.35. The summed E-state index contributed by atoms with van der Waals surface area (Å²) in [6.07, 6.45) is 2.33. The molecule has 5 heteroatoms. The number of nitrogens with zero attached hydrogens (tertiary/aromatic N) is 1. The molecule has 3 N–H and O–H groups in total. The predicted molar refractivity (Wildman–Crippen MR) is 61.9 cm³/mol. The third-order valence-electron chi connectivity index (χ3n) is 2.66. The van der Waals surface area contributed by atoms with Gasteiger partial charge in [-0.1, -0.05) is 0 Å². The van der Waals surface area contributed by atoms with Crippen molar-refractivity contribution < 1.29 is 9.90 Å². The first-order valence-electron chi connectivity index (χ1n) is 5.26. The van der Waals surface area contributed by atoms with E-state index in [0.717, 1.165) is 19.4 Å². The first kappa shape index (κ1) is 14.7. The Morgan fingerprint density at radius 2 is 2.20 bits per heavy atom. The molecule has 1 fully saturated rings. The predicted octanol–water partition coefficient (Wildman–Crippen LogP) is 0.517. The summed E-state index contributed by atoms with van der Waals surface area (Å²) in [5, 5.41) is 9.28. The van der Waals surface area contributed by atoms with Crippen molar-refractivity contribution in [3.63, 3.8) is 0 Å². The Kier molecular flexibility index (Phi) is 6.17. The van der Waals surface area contributed by atoms with Gasteiger partial charge in [0.15, 0.2) is 0 Å². The third kappa shape index (κ3) is 3.97. The monoisotopic (exact) mass is 236 g/mol. The highest BCUT2D eigenvalue weighted by atomic mass is 35.5. The number of aliphatic hydroxyl groups is 1. The molecule has 4 nitrogen and oxygen atoms in total. The Balaban J connectivity index is 0.00000196. The Bertz CT molecular complexity index is 210. The second-order valence-electron chi connectivity index (χ2n) is 4.20. The molecule has 1 aliphatic heterocycles. The van der Waals surface area contributed by atoms with E-state index in [0.29, 0.717) is 6.42 Å². The lowest BCUT2D eigenvalue weighted by atomic mass is 10.1. The van der Waals surface area contributed by atoms with Crippen molar-refractivity contribution in [3.8, 4) is 0 Å². The average molecular weight is 237 g/mol. The third-order valence-corrected chi connectivity index (χ3v) is 2.66. The molecule has 0 aromatic rings. The molecule has 0 saturated carbocycles. The maximum atomic E-state index is 11.7. The molecule has 1 amide bonds. The second kappa shape index (κ2) is 6.30. The number of likely N-dealkylation sites (tertiary alicyclic amines) is 1. The number of rotatable bonds is 3. The van der Waals surface area contributed by atoms with Crippen LogP contribution in [0.3, 0.4) is 0 Å². The molecule has 1 aliphatic rings. The van der Waals surface area contributed by atoms with Gasteiger partial charge in [-0.3, -0.25) is 4.79 Å². The molecule has 90 valence electrons. The summed E-state index contributed by atoms with van der Waals surface area (Å²) >= 11 is 0. The van der Waals surface area contributed by atoms with E-state index < -0.39 is 6.04 Å². The van der Waals surface area contributed by atoms with Crippen molar-refractivity contribution >= 4 is 18.3 Å². The number of hydrogen-bond acceptors (Lipinski definition) is 3. The molecule has 0 spiro atoms. The van der Waals surface area contributed by atoms with Gasteiger partial charge in [0.1, 0.15) is 0 Å². The molecule has 1 rings (SSSR count). The van der Waals surface area contributed by atoms with E-state index in [2.05, 4.69) is 0 Å². The molecular weight excluding hydrogens is 216 g/mol. The Morgan fingerprint density at radius 1 is 1.60 bits per heavy atom. The Labute approximate surface area is 97.2 Å². The normalized spacial score (nSPS) is 24.5. The number of aliphatic hydroxyl groups excluding tert-OH is 1. The fourth-order valence-electron chi connectivity index (χ4n) is 2.03. The summed E-state index contributed by atoms with van der Waals surface area (Å²) in [6.45, 7) is 4.25. The van der Waals surface area contributed by atoms with E-state index in [1.165, 1.54) is 0 Å². The van der Waals surface area contributed by atoms with E-state index >= 15 is 0 Å². The zero-order chi connectivity index (χ0) is 10.7. The molecule has 0 aromatic heterocycles. The fourth-order valence-corrected chi connectivity index (χ4v) is 2.03. The quantitative estimate of drug-likeness (QED) is 0.751. The van der Waals surface area contributed by atoms with Crippen LogP contribution >= 0.6 is 12.4 Å². The number of carbonyl (C=O) groups excluding carboxylic acids is 1. The van der Waals surface area contributed by atoms with E-state index in [1.54, 1.807) is 13.8 Å². The highest BCUT2D eigenvalue weighted by molar-refractivity contribution is 5.85. The zero-order valence-corrected chi connectivity index (χ0v) is 10.2. The SMILES string of the molecule is CC(O)CC1CCCN1C(=O)C(C)N.Cl. The maximum absolute atomic E-state index is 11.7. The van der Waals surface area contributed by atoms with E-state index in [1.807, 2.05) is 4.90 Å². The number of halogens is 1. The van der Waals surface area contributed by atoms with Crippen LogP contribution in [0.4, 0.5) is 0 Å². The first-order chi connectivity index (χ1) is 6.52. The number of hydrogen-bond donors (Lipinski definition) is 2. The van der Waals surface area contributed by atoms with Crippen molar-refractivity contribution in [2.45, 2.75) is 51.3 Å². The number of nitrogens with two attached hydrogens (primary N) is 1. The van der Waals surface area contributed by atoms with E-state index in [9.17, 15) is 9.90 Å². The first-order valence-corrected chi connectivity index (χ1v) is 5.26. The summed E-state index contributed by atoms with van der Waals surface area (Å²) in [5.74, 6) is 0.00755. The van der Waals surface area contributed by atoms with E-state index in [4.69, 9.17) is 5.73 Å².